The molecule has 4 N–H and O–H groups in total. The smallest absolute Gasteiger partial charge is 0.418 e. The number of halogens is 6. The van der Waals surface area contributed by atoms with Crippen molar-refractivity contribution in [2.45, 2.75) is 74.9 Å². The number of ether oxygens (including phenoxy) is 1. The minimum Gasteiger partial charge on any atom is -0.461 e. The van der Waals surface area contributed by atoms with Gasteiger partial charge in [0.15, 0.2) is 5.82 Å². The van der Waals surface area contributed by atoms with E-state index in [1.54, 1.807) is 0 Å². The monoisotopic (exact) mass is 623 g/mol. The Balaban J connectivity index is 1.39. The zero-order valence-electron chi connectivity index (χ0n) is 23.4. The first-order chi connectivity index (χ1) is 20.3. The Kier molecular flexibility index (Phi) is 6.50. The van der Waals surface area contributed by atoms with Crippen LogP contribution >= 0.6 is 11.6 Å². The highest BCUT2D eigenvalue weighted by Crippen LogP contribution is 2.47. The third kappa shape index (κ3) is 4.65. The fraction of sp³-hybridized carbons (Fsp3) is 0.552. The first-order valence-electron chi connectivity index (χ1n) is 14.4. The highest BCUT2D eigenvalue weighted by molar-refractivity contribution is 6.34. The lowest BCUT2D eigenvalue weighted by atomic mass is 9.95. The molecule has 43 heavy (non-hydrogen) atoms. The molecular weight excluding hydrogens is 593 g/mol. The Labute approximate surface area is 249 Å². The van der Waals surface area contributed by atoms with Crippen molar-refractivity contribution in [3.8, 4) is 17.3 Å². The second kappa shape index (κ2) is 9.73. The summed E-state index contributed by atoms with van der Waals surface area (Å²) in [6, 6.07) is 2.33. The summed E-state index contributed by atoms with van der Waals surface area (Å²) in [5, 5.41) is -0.0759. The first-order valence-corrected chi connectivity index (χ1v) is 14.8. The van der Waals surface area contributed by atoms with E-state index in [1.807, 2.05) is 4.90 Å². The van der Waals surface area contributed by atoms with Crippen LogP contribution in [0.15, 0.2) is 12.1 Å². The Morgan fingerprint density at radius 2 is 1.95 bits per heavy atom. The molecule has 0 radical (unpaired) electrons. The Morgan fingerprint density at radius 1 is 1.16 bits per heavy atom. The van der Waals surface area contributed by atoms with Gasteiger partial charge in [-0.3, -0.25) is 4.90 Å². The van der Waals surface area contributed by atoms with Gasteiger partial charge in [-0.25, -0.2) is 13.8 Å². The van der Waals surface area contributed by atoms with Crippen LogP contribution in [0.1, 0.15) is 49.7 Å². The molecule has 4 fully saturated rings. The summed E-state index contributed by atoms with van der Waals surface area (Å²) in [5.41, 5.74) is 8.53. The molecule has 4 atom stereocenters. The number of nitrogens with two attached hydrogens (primary N) is 2. The highest BCUT2D eigenvalue weighted by atomic mass is 35.5. The van der Waals surface area contributed by atoms with E-state index < -0.39 is 46.1 Å². The van der Waals surface area contributed by atoms with Crippen molar-refractivity contribution >= 4 is 34.1 Å². The molecule has 3 saturated heterocycles. The quantitative estimate of drug-likeness (QED) is 0.363. The fourth-order valence-corrected chi connectivity index (χ4v) is 8.08. The molecule has 8 nitrogen and oxygen atoms in total. The molecule has 3 aliphatic heterocycles. The second-order valence-electron chi connectivity index (χ2n) is 12.6. The Bertz CT molecular complexity index is 1640. The van der Waals surface area contributed by atoms with Crippen molar-refractivity contribution in [1.29, 1.82) is 0 Å². The lowest BCUT2D eigenvalue weighted by Crippen LogP contribution is -2.45. The Morgan fingerprint density at radius 3 is 2.65 bits per heavy atom. The summed E-state index contributed by atoms with van der Waals surface area (Å²) in [4.78, 5) is 17.0. The lowest BCUT2D eigenvalue weighted by molar-refractivity contribution is -0.137. The van der Waals surface area contributed by atoms with Crippen LogP contribution in [0.3, 0.4) is 0 Å². The number of rotatable bonds is 5. The van der Waals surface area contributed by atoms with Crippen LogP contribution in [0.25, 0.3) is 22.2 Å². The summed E-state index contributed by atoms with van der Waals surface area (Å²) in [6.45, 7) is 2.86. The third-order valence-electron chi connectivity index (χ3n) is 9.65. The molecule has 1 aliphatic carbocycles. The van der Waals surface area contributed by atoms with Gasteiger partial charge in [0, 0.05) is 36.5 Å². The number of alkyl halides is 4. The molecule has 0 spiro atoms. The molecule has 4 aliphatic rings. The van der Waals surface area contributed by atoms with Crippen LogP contribution in [0.2, 0.25) is 5.02 Å². The number of nitrogen functional groups attached to an aromatic ring is 1. The average molecular weight is 624 g/mol. The van der Waals surface area contributed by atoms with Crippen molar-refractivity contribution in [2.24, 2.45) is 5.73 Å². The van der Waals surface area contributed by atoms with Gasteiger partial charge in [0.05, 0.1) is 27.4 Å². The number of aryl methyl sites for hydroxylation is 1. The molecular formula is C29H31ClF5N7O. The number of hydrogen-bond donors (Lipinski definition) is 2. The maximum atomic E-state index is 16.6. The molecule has 7 rings (SSSR count). The van der Waals surface area contributed by atoms with Crippen LogP contribution in [-0.4, -0.2) is 69.4 Å². The van der Waals surface area contributed by atoms with Gasteiger partial charge in [-0.15, -0.1) is 0 Å². The van der Waals surface area contributed by atoms with Gasteiger partial charge >= 0.3 is 12.2 Å². The summed E-state index contributed by atoms with van der Waals surface area (Å²) in [5.74, 6) is -0.975. The molecule has 1 saturated carbocycles. The van der Waals surface area contributed by atoms with Crippen LogP contribution in [0.5, 0.6) is 6.01 Å². The van der Waals surface area contributed by atoms with Gasteiger partial charge < -0.3 is 21.1 Å². The van der Waals surface area contributed by atoms with Crippen molar-refractivity contribution in [1.82, 2.24) is 19.9 Å². The van der Waals surface area contributed by atoms with Crippen molar-refractivity contribution in [3.63, 3.8) is 0 Å². The number of anilines is 2. The minimum atomic E-state index is -4.86. The molecule has 5 heterocycles. The van der Waals surface area contributed by atoms with E-state index >= 15 is 4.39 Å². The number of hydrogen-bond acceptors (Lipinski definition) is 8. The normalized spacial score (nSPS) is 28.8. The SMILES string of the molecule is Cc1cc(N)nc(-c2c(Cl)cc3c(N4C[C@]5(N)CC[C@H]4C5)nc(OC[C@]45CCCN4C[C@H](F)C5)nc3c2F)c1C(F)(F)F. The van der Waals surface area contributed by atoms with Crippen molar-refractivity contribution in [3.05, 3.63) is 34.1 Å². The van der Waals surface area contributed by atoms with Crippen LogP contribution < -0.4 is 21.1 Å². The maximum Gasteiger partial charge on any atom is 0.418 e. The van der Waals surface area contributed by atoms with Gasteiger partial charge in [0.25, 0.3) is 0 Å². The molecule has 2 aromatic heterocycles. The topological polar surface area (TPSA) is 106 Å². The number of aromatic nitrogens is 3. The van der Waals surface area contributed by atoms with Crippen LogP contribution in [0.4, 0.5) is 33.6 Å². The van der Waals surface area contributed by atoms with E-state index in [9.17, 15) is 17.6 Å². The third-order valence-corrected chi connectivity index (χ3v) is 9.94. The summed E-state index contributed by atoms with van der Waals surface area (Å²) < 4.78 is 79.7. The zero-order valence-corrected chi connectivity index (χ0v) is 24.2. The Hall–Kier alpha value is -3.03. The molecule has 0 unspecified atom stereocenters. The first kappa shape index (κ1) is 28.7. The predicted octanol–water partition coefficient (Wildman–Crippen LogP) is 5.42. The molecule has 0 amide bonds. The molecule has 1 aromatic carbocycles. The number of piperidine rings is 1. The lowest BCUT2D eigenvalue weighted by Gasteiger charge is -2.33. The minimum absolute atomic E-state index is 0.0404. The molecule has 2 bridgehead atoms. The van der Waals surface area contributed by atoms with Gasteiger partial charge in [-0.05, 0) is 63.3 Å². The summed E-state index contributed by atoms with van der Waals surface area (Å²) in [7, 11) is 0. The highest BCUT2D eigenvalue weighted by Gasteiger charge is 2.50. The predicted molar refractivity (Wildman–Crippen MR) is 152 cm³/mol. The van der Waals surface area contributed by atoms with E-state index in [0.717, 1.165) is 44.7 Å². The van der Waals surface area contributed by atoms with Crippen LogP contribution in [-0.2, 0) is 6.18 Å². The van der Waals surface area contributed by atoms with Gasteiger partial charge in [-0.1, -0.05) is 11.6 Å². The van der Waals surface area contributed by atoms with Crippen molar-refractivity contribution in [2.75, 3.05) is 36.9 Å². The average Bonchev–Trinajstić information content (AvgIpc) is 3.64. The fourth-order valence-electron chi connectivity index (χ4n) is 7.80. The number of benzene rings is 1. The number of nitrogens with zero attached hydrogens (tertiary/aromatic N) is 5. The van der Waals surface area contributed by atoms with E-state index in [0.29, 0.717) is 25.3 Å². The largest absolute Gasteiger partial charge is 0.461 e. The molecule has 3 aromatic rings. The van der Waals surface area contributed by atoms with E-state index in [-0.39, 0.29) is 46.0 Å². The summed E-state index contributed by atoms with van der Waals surface area (Å²) in [6.07, 6.45) is -1.51. The second-order valence-corrected chi connectivity index (χ2v) is 13.0. The van der Waals surface area contributed by atoms with Crippen LogP contribution in [0, 0.1) is 12.7 Å². The van der Waals surface area contributed by atoms with Crippen molar-refractivity contribution < 1.29 is 26.7 Å². The van der Waals surface area contributed by atoms with Gasteiger partial charge in [0.2, 0.25) is 0 Å². The van der Waals surface area contributed by atoms with Gasteiger partial charge in [-0.2, -0.15) is 23.1 Å². The maximum absolute atomic E-state index is 16.6. The molecule has 14 heteroatoms. The molecule has 230 valence electrons. The standard InChI is InChI=1S/C29H31ClF5N7O/c1-14-7-19(36)38-24(21(14)29(33,34)35)20-18(30)8-17-23(22(20)32)39-26(40-25(17)42-12-27(37)5-3-16(42)10-27)43-13-28-4-2-6-41(28)11-15(31)9-28/h7-8,15-16H,2-6,9-13,37H2,1H3,(H2,36,38)/t15-,16+,27+,28-/m1/s1. The van der Waals surface area contributed by atoms with E-state index in [1.165, 1.54) is 13.0 Å². The summed E-state index contributed by atoms with van der Waals surface area (Å²) >= 11 is 6.56. The van der Waals surface area contributed by atoms with Gasteiger partial charge in [0.1, 0.15) is 29.9 Å². The number of fused-ring (bicyclic) bond motifs is 4. The zero-order chi connectivity index (χ0) is 30.5. The number of pyridine rings is 1. The van der Waals surface area contributed by atoms with E-state index in [2.05, 4.69) is 19.9 Å². The van der Waals surface area contributed by atoms with E-state index in [4.69, 9.17) is 27.8 Å².